The molecule has 0 aliphatic rings. The molecule has 0 fully saturated rings. The summed E-state index contributed by atoms with van der Waals surface area (Å²) >= 11 is 5.90. The third-order valence-electron chi connectivity index (χ3n) is 3.18. The number of carboxylic acid groups (broad SMARTS) is 1. The normalized spacial score (nSPS) is 10.9. The third kappa shape index (κ3) is 2.51. The molecular weight excluding hydrogens is 312 g/mol. The molecule has 6 heteroatoms. The van der Waals surface area contributed by atoms with E-state index < -0.39 is 17.6 Å². The summed E-state index contributed by atoms with van der Waals surface area (Å²) in [6.07, 6.45) is 0. The van der Waals surface area contributed by atoms with E-state index in [2.05, 4.69) is 4.98 Å². The Bertz CT molecular complexity index is 912. The number of carboxylic acids is 1. The van der Waals surface area contributed by atoms with Gasteiger partial charge in [-0.2, -0.15) is 0 Å². The SMILES string of the molecule is O=C(O)c1cc(-c2cccc(Cl)c2)nc2c(F)cc(F)cc12. The van der Waals surface area contributed by atoms with Crippen LogP contribution in [0.3, 0.4) is 0 Å². The molecule has 2 aromatic carbocycles. The van der Waals surface area contributed by atoms with Crippen molar-refractivity contribution in [2.75, 3.05) is 0 Å². The van der Waals surface area contributed by atoms with Crippen LogP contribution in [0.4, 0.5) is 8.78 Å². The van der Waals surface area contributed by atoms with Gasteiger partial charge in [-0.25, -0.2) is 18.6 Å². The van der Waals surface area contributed by atoms with Crippen molar-refractivity contribution >= 4 is 28.5 Å². The van der Waals surface area contributed by atoms with Crippen LogP contribution >= 0.6 is 11.6 Å². The number of hydrogen-bond acceptors (Lipinski definition) is 2. The standard InChI is InChI=1S/C16H8ClF2NO2/c17-9-3-1-2-8(4-9)14-7-12(16(21)22)11-5-10(18)6-13(19)15(11)20-14/h1-7H,(H,21,22). The molecule has 0 bridgehead atoms. The molecule has 3 nitrogen and oxygen atoms in total. The van der Waals surface area contributed by atoms with Gasteiger partial charge in [0.2, 0.25) is 0 Å². The lowest BCUT2D eigenvalue weighted by Crippen LogP contribution is -2.02. The van der Waals surface area contributed by atoms with Crippen molar-refractivity contribution in [3.63, 3.8) is 0 Å². The molecule has 0 unspecified atom stereocenters. The predicted molar refractivity (Wildman–Crippen MR) is 79.1 cm³/mol. The number of carbonyl (C=O) groups is 1. The molecule has 1 aromatic heterocycles. The fourth-order valence-corrected chi connectivity index (χ4v) is 2.42. The molecule has 0 amide bonds. The Morgan fingerprint density at radius 1 is 1.14 bits per heavy atom. The Hall–Kier alpha value is -2.53. The number of fused-ring (bicyclic) bond motifs is 1. The molecule has 0 saturated heterocycles. The summed E-state index contributed by atoms with van der Waals surface area (Å²) in [5.74, 6) is -3.06. The highest BCUT2D eigenvalue weighted by Gasteiger charge is 2.17. The first kappa shape index (κ1) is 14.4. The fourth-order valence-electron chi connectivity index (χ4n) is 2.22. The van der Waals surface area contributed by atoms with Crippen LogP contribution in [0.5, 0.6) is 0 Å². The van der Waals surface area contributed by atoms with Crippen LogP contribution in [0.25, 0.3) is 22.2 Å². The van der Waals surface area contributed by atoms with Gasteiger partial charge in [-0.3, -0.25) is 0 Å². The zero-order chi connectivity index (χ0) is 15.9. The highest BCUT2D eigenvalue weighted by Crippen LogP contribution is 2.28. The van der Waals surface area contributed by atoms with Gasteiger partial charge < -0.3 is 5.11 Å². The van der Waals surface area contributed by atoms with Gasteiger partial charge in [0.05, 0.1) is 11.3 Å². The summed E-state index contributed by atoms with van der Waals surface area (Å²) in [6.45, 7) is 0. The van der Waals surface area contributed by atoms with Crippen molar-refractivity contribution in [1.29, 1.82) is 0 Å². The van der Waals surface area contributed by atoms with Crippen molar-refractivity contribution in [2.45, 2.75) is 0 Å². The van der Waals surface area contributed by atoms with E-state index >= 15 is 0 Å². The highest BCUT2D eigenvalue weighted by atomic mass is 35.5. The monoisotopic (exact) mass is 319 g/mol. The maximum Gasteiger partial charge on any atom is 0.336 e. The maximum atomic E-state index is 13.9. The number of aromatic nitrogens is 1. The molecule has 0 saturated carbocycles. The van der Waals surface area contributed by atoms with Gasteiger partial charge in [-0.15, -0.1) is 0 Å². The van der Waals surface area contributed by atoms with Crippen LogP contribution in [0.1, 0.15) is 10.4 Å². The molecule has 3 aromatic rings. The Kier molecular flexibility index (Phi) is 3.50. The first-order valence-corrected chi connectivity index (χ1v) is 6.62. The summed E-state index contributed by atoms with van der Waals surface area (Å²) in [5, 5.41) is 9.65. The number of aromatic carboxylic acids is 1. The van der Waals surface area contributed by atoms with Crippen LogP contribution < -0.4 is 0 Å². The predicted octanol–water partition coefficient (Wildman–Crippen LogP) is 4.53. The van der Waals surface area contributed by atoms with Crippen molar-refractivity contribution in [1.82, 2.24) is 4.98 Å². The molecule has 0 radical (unpaired) electrons. The van der Waals surface area contributed by atoms with E-state index in [9.17, 15) is 18.7 Å². The van der Waals surface area contributed by atoms with E-state index in [4.69, 9.17) is 11.6 Å². The summed E-state index contributed by atoms with van der Waals surface area (Å²) in [6, 6.07) is 9.48. The minimum Gasteiger partial charge on any atom is -0.478 e. The van der Waals surface area contributed by atoms with Gasteiger partial charge in [0, 0.05) is 22.0 Å². The second-order valence-electron chi connectivity index (χ2n) is 4.65. The van der Waals surface area contributed by atoms with Gasteiger partial charge in [-0.1, -0.05) is 23.7 Å². The van der Waals surface area contributed by atoms with E-state index in [1.54, 1.807) is 24.3 Å². The van der Waals surface area contributed by atoms with Gasteiger partial charge >= 0.3 is 5.97 Å². The summed E-state index contributed by atoms with van der Waals surface area (Å²) in [5.41, 5.74) is 0.369. The number of pyridine rings is 1. The number of hydrogen-bond donors (Lipinski definition) is 1. The molecule has 3 rings (SSSR count). The van der Waals surface area contributed by atoms with Crippen LogP contribution in [-0.4, -0.2) is 16.1 Å². The molecule has 22 heavy (non-hydrogen) atoms. The largest absolute Gasteiger partial charge is 0.478 e. The summed E-state index contributed by atoms with van der Waals surface area (Å²) in [7, 11) is 0. The van der Waals surface area contributed by atoms with E-state index in [0.717, 1.165) is 6.07 Å². The zero-order valence-corrected chi connectivity index (χ0v) is 11.7. The van der Waals surface area contributed by atoms with E-state index in [1.807, 2.05) is 0 Å². The number of halogens is 3. The number of nitrogens with zero attached hydrogens (tertiary/aromatic N) is 1. The number of rotatable bonds is 2. The van der Waals surface area contributed by atoms with E-state index in [-0.39, 0.29) is 22.2 Å². The van der Waals surface area contributed by atoms with E-state index in [0.29, 0.717) is 16.7 Å². The lowest BCUT2D eigenvalue weighted by molar-refractivity contribution is 0.0699. The average molecular weight is 320 g/mol. The minimum absolute atomic E-state index is 0.0872. The molecule has 110 valence electrons. The highest BCUT2D eigenvalue weighted by molar-refractivity contribution is 6.30. The molecule has 0 aliphatic carbocycles. The van der Waals surface area contributed by atoms with E-state index in [1.165, 1.54) is 6.07 Å². The molecular formula is C16H8ClF2NO2. The van der Waals surface area contributed by atoms with Crippen LogP contribution in [0, 0.1) is 11.6 Å². The van der Waals surface area contributed by atoms with Gasteiger partial charge in [0.1, 0.15) is 11.3 Å². The summed E-state index contributed by atoms with van der Waals surface area (Å²) < 4.78 is 27.3. The van der Waals surface area contributed by atoms with Crippen molar-refractivity contribution in [2.24, 2.45) is 0 Å². The van der Waals surface area contributed by atoms with Crippen molar-refractivity contribution in [3.05, 3.63) is 64.7 Å². The van der Waals surface area contributed by atoms with Crippen molar-refractivity contribution in [3.8, 4) is 11.3 Å². The molecule has 1 heterocycles. The average Bonchev–Trinajstić information content (AvgIpc) is 2.46. The lowest BCUT2D eigenvalue weighted by Gasteiger charge is -2.08. The Morgan fingerprint density at radius 2 is 1.91 bits per heavy atom. The van der Waals surface area contributed by atoms with Gasteiger partial charge in [0.25, 0.3) is 0 Å². The molecule has 0 atom stereocenters. The summed E-state index contributed by atoms with van der Waals surface area (Å²) in [4.78, 5) is 15.5. The van der Waals surface area contributed by atoms with Gasteiger partial charge in [0.15, 0.2) is 5.82 Å². The Balaban J connectivity index is 2.37. The Labute approximate surface area is 128 Å². The lowest BCUT2D eigenvalue weighted by atomic mass is 10.0. The van der Waals surface area contributed by atoms with Crippen LogP contribution in [0.15, 0.2) is 42.5 Å². The first-order chi connectivity index (χ1) is 10.5. The maximum absolute atomic E-state index is 13.9. The quantitative estimate of drug-likeness (QED) is 0.755. The Morgan fingerprint density at radius 3 is 2.59 bits per heavy atom. The smallest absolute Gasteiger partial charge is 0.336 e. The number of benzene rings is 2. The van der Waals surface area contributed by atoms with Crippen LogP contribution in [0.2, 0.25) is 5.02 Å². The topological polar surface area (TPSA) is 50.2 Å². The third-order valence-corrected chi connectivity index (χ3v) is 3.42. The second-order valence-corrected chi connectivity index (χ2v) is 5.09. The molecule has 1 N–H and O–H groups in total. The second kappa shape index (κ2) is 5.35. The molecule has 0 aliphatic heterocycles. The van der Waals surface area contributed by atoms with Crippen molar-refractivity contribution < 1.29 is 18.7 Å². The van der Waals surface area contributed by atoms with Gasteiger partial charge in [-0.05, 0) is 24.3 Å². The minimum atomic E-state index is -1.29. The first-order valence-electron chi connectivity index (χ1n) is 6.25. The molecule has 0 spiro atoms. The fraction of sp³-hybridized carbons (Fsp3) is 0. The van der Waals surface area contributed by atoms with Crippen LogP contribution in [-0.2, 0) is 0 Å². The zero-order valence-electron chi connectivity index (χ0n) is 11.0.